The summed E-state index contributed by atoms with van der Waals surface area (Å²) in [5.74, 6) is -0.447. The third-order valence-electron chi connectivity index (χ3n) is 4.44. The van der Waals surface area contributed by atoms with Crippen LogP contribution in [-0.2, 0) is 25.9 Å². The molecule has 0 spiro atoms. The Bertz CT molecular complexity index is 957. The number of nitrogens with zero attached hydrogens (tertiary/aromatic N) is 2. The molecule has 11 heteroatoms. The van der Waals surface area contributed by atoms with Gasteiger partial charge in [0.1, 0.15) is 12.1 Å². The molecule has 164 valence electrons. The molecule has 0 radical (unpaired) electrons. The molecule has 2 aliphatic rings. The van der Waals surface area contributed by atoms with Crippen molar-refractivity contribution in [2.75, 3.05) is 18.1 Å². The van der Waals surface area contributed by atoms with Crippen LogP contribution in [0.1, 0.15) is 26.3 Å². The summed E-state index contributed by atoms with van der Waals surface area (Å²) in [4.78, 5) is 30.1. The molecule has 2 aliphatic heterocycles. The van der Waals surface area contributed by atoms with E-state index in [4.69, 9.17) is 16.3 Å². The molecule has 2 unspecified atom stereocenters. The Hall–Kier alpha value is -1.78. The summed E-state index contributed by atoms with van der Waals surface area (Å²) in [6, 6.07) is 6.98. The number of rotatable bonds is 4. The molecule has 8 nitrogen and oxygen atoms in total. The van der Waals surface area contributed by atoms with E-state index in [0.717, 1.165) is 5.56 Å². The number of amidine groups is 1. The standard InChI is InChI=1S/C19H24ClN3O5S2/c1-19(2,3)28-18(25)21-8-16(24)22-17-23(9-12-4-6-13(20)7-5-12)14-10-30(26,27)11-15(14)29-17/h4-7,14-15H,8-11H2,1-3H3,(H,21,25). The summed E-state index contributed by atoms with van der Waals surface area (Å²) in [6.07, 6.45) is -0.698. The van der Waals surface area contributed by atoms with Crippen LogP contribution in [0.2, 0.25) is 5.02 Å². The van der Waals surface area contributed by atoms with Gasteiger partial charge in [0.25, 0.3) is 5.91 Å². The van der Waals surface area contributed by atoms with Gasteiger partial charge in [-0.3, -0.25) is 4.79 Å². The number of amides is 2. The Morgan fingerprint density at radius 1 is 1.27 bits per heavy atom. The minimum Gasteiger partial charge on any atom is -0.444 e. The number of fused-ring (bicyclic) bond motifs is 1. The van der Waals surface area contributed by atoms with Crippen molar-refractivity contribution in [2.24, 2.45) is 4.99 Å². The Morgan fingerprint density at radius 2 is 1.93 bits per heavy atom. The van der Waals surface area contributed by atoms with Gasteiger partial charge in [0, 0.05) is 16.8 Å². The van der Waals surface area contributed by atoms with Gasteiger partial charge in [-0.05, 0) is 38.5 Å². The highest BCUT2D eigenvalue weighted by atomic mass is 35.5. The van der Waals surface area contributed by atoms with Crippen molar-refractivity contribution >= 4 is 50.4 Å². The normalized spacial score (nSPS) is 24.0. The lowest BCUT2D eigenvalue weighted by molar-refractivity contribution is -0.117. The Kier molecular flexibility index (Phi) is 6.69. The number of hydrogen-bond acceptors (Lipinski definition) is 6. The number of alkyl carbamates (subject to hydrolysis) is 1. The van der Waals surface area contributed by atoms with Crippen LogP contribution >= 0.6 is 23.4 Å². The third-order valence-corrected chi connectivity index (χ3v) is 7.94. The van der Waals surface area contributed by atoms with E-state index in [9.17, 15) is 18.0 Å². The lowest BCUT2D eigenvalue weighted by Crippen LogP contribution is -2.38. The second kappa shape index (κ2) is 8.76. The molecule has 0 aromatic heterocycles. The number of carbonyl (C=O) groups excluding carboxylic acids is 2. The Morgan fingerprint density at radius 3 is 2.57 bits per heavy atom. The van der Waals surface area contributed by atoms with Gasteiger partial charge in [0.15, 0.2) is 15.0 Å². The molecule has 2 saturated heterocycles. The molecular weight excluding hydrogens is 450 g/mol. The minimum atomic E-state index is -3.13. The van der Waals surface area contributed by atoms with Crippen LogP contribution in [0.15, 0.2) is 29.3 Å². The number of ether oxygens (including phenoxy) is 1. The van der Waals surface area contributed by atoms with Gasteiger partial charge < -0.3 is 15.0 Å². The van der Waals surface area contributed by atoms with Crippen LogP contribution in [0, 0.1) is 0 Å². The van der Waals surface area contributed by atoms with Crippen molar-refractivity contribution in [2.45, 2.75) is 44.2 Å². The maximum atomic E-state index is 12.3. The molecule has 2 atom stereocenters. The number of carbonyl (C=O) groups is 2. The summed E-state index contributed by atoms with van der Waals surface area (Å²) in [6.45, 7) is 5.29. The monoisotopic (exact) mass is 473 g/mol. The summed E-state index contributed by atoms with van der Waals surface area (Å²) < 4.78 is 29.3. The molecule has 2 heterocycles. The van der Waals surface area contributed by atoms with Gasteiger partial charge >= 0.3 is 6.09 Å². The smallest absolute Gasteiger partial charge is 0.408 e. The quantitative estimate of drug-likeness (QED) is 0.716. The van der Waals surface area contributed by atoms with Crippen LogP contribution in [0.5, 0.6) is 0 Å². The second-order valence-corrected chi connectivity index (χ2v) is 12.0. The average Bonchev–Trinajstić information content (AvgIpc) is 3.06. The first-order chi connectivity index (χ1) is 13.9. The van der Waals surface area contributed by atoms with E-state index >= 15 is 0 Å². The summed E-state index contributed by atoms with van der Waals surface area (Å²) in [5, 5.41) is 3.29. The number of thioether (sulfide) groups is 1. The van der Waals surface area contributed by atoms with Crippen molar-refractivity contribution in [1.29, 1.82) is 0 Å². The van der Waals surface area contributed by atoms with Crippen molar-refractivity contribution in [3.05, 3.63) is 34.9 Å². The number of nitrogens with one attached hydrogen (secondary N) is 1. The SMILES string of the molecule is CC(C)(C)OC(=O)NCC(=O)N=C1SC2CS(=O)(=O)CC2N1Cc1ccc(Cl)cc1. The lowest BCUT2D eigenvalue weighted by Gasteiger charge is -2.24. The zero-order valence-corrected chi connectivity index (χ0v) is 19.3. The molecule has 1 N–H and O–H groups in total. The van der Waals surface area contributed by atoms with Gasteiger partial charge in [0.05, 0.1) is 17.5 Å². The van der Waals surface area contributed by atoms with E-state index in [0.29, 0.717) is 16.7 Å². The molecule has 0 bridgehead atoms. The maximum absolute atomic E-state index is 12.3. The second-order valence-electron chi connectivity index (χ2n) is 8.20. The number of sulfone groups is 1. The van der Waals surface area contributed by atoms with Crippen molar-refractivity contribution in [3.63, 3.8) is 0 Å². The van der Waals surface area contributed by atoms with E-state index in [2.05, 4.69) is 10.3 Å². The minimum absolute atomic E-state index is 0.0294. The molecule has 0 aliphatic carbocycles. The molecule has 2 amide bonds. The van der Waals surface area contributed by atoms with Crippen molar-refractivity contribution < 1.29 is 22.7 Å². The topological polar surface area (TPSA) is 105 Å². The molecule has 3 rings (SSSR count). The molecule has 1 aromatic carbocycles. The highest BCUT2D eigenvalue weighted by Gasteiger charge is 2.48. The van der Waals surface area contributed by atoms with Gasteiger partial charge in [-0.2, -0.15) is 4.99 Å². The highest BCUT2D eigenvalue weighted by molar-refractivity contribution is 8.15. The zero-order chi connectivity index (χ0) is 22.1. The van der Waals surface area contributed by atoms with Gasteiger partial charge in [0.2, 0.25) is 0 Å². The summed E-state index contributed by atoms with van der Waals surface area (Å²) >= 11 is 7.24. The van der Waals surface area contributed by atoms with Crippen LogP contribution in [-0.4, -0.2) is 65.4 Å². The number of hydrogen-bond donors (Lipinski definition) is 1. The van der Waals surface area contributed by atoms with E-state index in [1.807, 2.05) is 17.0 Å². The van der Waals surface area contributed by atoms with E-state index < -0.39 is 27.4 Å². The Labute approximate surface area is 185 Å². The van der Waals surface area contributed by atoms with Gasteiger partial charge in [-0.15, -0.1) is 0 Å². The predicted molar refractivity (Wildman–Crippen MR) is 117 cm³/mol. The maximum Gasteiger partial charge on any atom is 0.408 e. The average molecular weight is 474 g/mol. The molecule has 30 heavy (non-hydrogen) atoms. The lowest BCUT2D eigenvalue weighted by atomic mass is 10.1. The highest BCUT2D eigenvalue weighted by Crippen LogP contribution is 2.39. The fourth-order valence-corrected chi connectivity index (χ4v) is 7.31. The van der Waals surface area contributed by atoms with Crippen LogP contribution in [0.4, 0.5) is 4.79 Å². The molecular formula is C19H24ClN3O5S2. The van der Waals surface area contributed by atoms with Crippen molar-refractivity contribution in [3.8, 4) is 0 Å². The van der Waals surface area contributed by atoms with Gasteiger partial charge in [-0.25, -0.2) is 13.2 Å². The predicted octanol–water partition coefficient (Wildman–Crippen LogP) is 2.46. The first-order valence-electron chi connectivity index (χ1n) is 9.38. The molecule has 2 fully saturated rings. The summed E-state index contributed by atoms with van der Waals surface area (Å²) in [5.41, 5.74) is 0.260. The van der Waals surface area contributed by atoms with Crippen LogP contribution in [0.3, 0.4) is 0 Å². The van der Waals surface area contributed by atoms with Crippen molar-refractivity contribution in [1.82, 2.24) is 10.2 Å². The van der Waals surface area contributed by atoms with Crippen LogP contribution in [0.25, 0.3) is 0 Å². The third kappa shape index (κ3) is 6.12. The zero-order valence-electron chi connectivity index (χ0n) is 16.9. The largest absolute Gasteiger partial charge is 0.444 e. The summed E-state index contributed by atoms with van der Waals surface area (Å²) in [7, 11) is -3.13. The first-order valence-corrected chi connectivity index (χ1v) is 12.5. The molecule has 0 saturated carbocycles. The van der Waals surface area contributed by atoms with E-state index in [1.165, 1.54) is 11.8 Å². The number of benzene rings is 1. The van der Waals surface area contributed by atoms with E-state index in [1.54, 1.807) is 32.9 Å². The van der Waals surface area contributed by atoms with E-state index in [-0.39, 0.29) is 29.3 Å². The van der Waals surface area contributed by atoms with Gasteiger partial charge in [-0.1, -0.05) is 35.5 Å². The molecule has 1 aromatic rings. The number of aliphatic imine (C=N–C) groups is 1. The number of halogens is 1. The fourth-order valence-electron chi connectivity index (χ4n) is 3.22. The first kappa shape index (κ1) is 22.9. The Balaban J connectivity index is 1.72. The van der Waals surface area contributed by atoms with Crippen LogP contribution < -0.4 is 5.32 Å². The fraction of sp³-hybridized carbons (Fsp3) is 0.526.